The summed E-state index contributed by atoms with van der Waals surface area (Å²) < 4.78 is 5.68. The number of morpholine rings is 1. The Labute approximate surface area is 155 Å². The summed E-state index contributed by atoms with van der Waals surface area (Å²) >= 11 is 0. The molecule has 0 N–H and O–H groups in total. The van der Waals surface area contributed by atoms with Gasteiger partial charge >= 0.3 is 0 Å². The zero-order valence-corrected chi connectivity index (χ0v) is 16.2. The molecule has 2 heterocycles. The van der Waals surface area contributed by atoms with E-state index in [1.54, 1.807) is 11.1 Å². The van der Waals surface area contributed by atoms with E-state index in [1.165, 1.54) is 12.4 Å². The smallest absolute Gasteiger partial charge is 0.274 e. The first-order valence-corrected chi connectivity index (χ1v) is 9.35. The molecule has 1 saturated heterocycles. The summed E-state index contributed by atoms with van der Waals surface area (Å²) in [4.78, 5) is 36.9. The first-order valence-electron chi connectivity index (χ1n) is 9.35. The number of nitrogens with zero attached hydrogens (tertiary/aromatic N) is 4. The van der Waals surface area contributed by atoms with Crippen LogP contribution < -0.4 is 0 Å². The maximum Gasteiger partial charge on any atom is 0.274 e. The van der Waals surface area contributed by atoms with Gasteiger partial charge in [0.2, 0.25) is 5.91 Å². The zero-order valence-electron chi connectivity index (χ0n) is 16.2. The Hall–Kier alpha value is -2.02. The molecule has 0 aliphatic carbocycles. The number of amides is 2. The number of carbonyl (C=O) groups is 2. The predicted molar refractivity (Wildman–Crippen MR) is 98.6 cm³/mol. The highest BCUT2D eigenvalue weighted by Crippen LogP contribution is 2.13. The summed E-state index contributed by atoms with van der Waals surface area (Å²) in [6.45, 7) is 10.4. The summed E-state index contributed by atoms with van der Waals surface area (Å²) in [5.41, 5.74) is 0.317. The monoisotopic (exact) mass is 362 g/mol. The maximum absolute atomic E-state index is 12.7. The molecule has 0 spiro atoms. The largest absolute Gasteiger partial charge is 0.372 e. The number of rotatable bonds is 7. The molecule has 7 heteroatoms. The lowest BCUT2D eigenvalue weighted by molar-refractivity contribution is -0.143. The Morgan fingerprint density at radius 3 is 2.50 bits per heavy atom. The average molecular weight is 362 g/mol. The minimum Gasteiger partial charge on any atom is -0.372 e. The third-order valence-electron chi connectivity index (χ3n) is 4.41. The van der Waals surface area contributed by atoms with Gasteiger partial charge in [0, 0.05) is 45.0 Å². The number of ether oxygens (including phenoxy) is 1. The van der Waals surface area contributed by atoms with E-state index in [0.717, 1.165) is 6.42 Å². The Morgan fingerprint density at radius 1 is 1.23 bits per heavy atom. The highest BCUT2D eigenvalue weighted by molar-refractivity contribution is 5.92. The van der Waals surface area contributed by atoms with Crippen molar-refractivity contribution in [2.24, 2.45) is 5.92 Å². The first-order chi connectivity index (χ1) is 12.4. The Balaban J connectivity index is 1.97. The Morgan fingerprint density at radius 2 is 1.92 bits per heavy atom. The molecule has 0 aromatic carbocycles. The van der Waals surface area contributed by atoms with Gasteiger partial charge in [-0.3, -0.25) is 14.6 Å². The molecule has 0 radical (unpaired) electrons. The number of hydrogen-bond acceptors (Lipinski definition) is 5. The van der Waals surface area contributed by atoms with Crippen LogP contribution in [0.15, 0.2) is 18.6 Å². The van der Waals surface area contributed by atoms with E-state index in [4.69, 9.17) is 4.74 Å². The van der Waals surface area contributed by atoms with Crippen molar-refractivity contribution in [2.45, 2.75) is 52.7 Å². The van der Waals surface area contributed by atoms with E-state index < -0.39 is 0 Å². The highest BCUT2D eigenvalue weighted by atomic mass is 16.5. The van der Waals surface area contributed by atoms with Crippen LogP contribution in [-0.2, 0) is 9.53 Å². The Kier molecular flexibility index (Phi) is 7.50. The van der Waals surface area contributed by atoms with E-state index >= 15 is 0 Å². The van der Waals surface area contributed by atoms with Gasteiger partial charge in [-0.15, -0.1) is 0 Å². The van der Waals surface area contributed by atoms with Crippen LogP contribution in [0, 0.1) is 5.92 Å². The first kappa shape index (κ1) is 20.3. The van der Waals surface area contributed by atoms with Gasteiger partial charge in [-0.05, 0) is 26.2 Å². The predicted octanol–water partition coefficient (Wildman–Crippen LogP) is 1.99. The topological polar surface area (TPSA) is 75.6 Å². The molecule has 1 aromatic rings. The van der Waals surface area contributed by atoms with Gasteiger partial charge in [0.15, 0.2) is 0 Å². The van der Waals surface area contributed by atoms with Gasteiger partial charge < -0.3 is 14.5 Å². The summed E-state index contributed by atoms with van der Waals surface area (Å²) in [6.07, 6.45) is 5.80. The third-order valence-corrected chi connectivity index (χ3v) is 4.41. The molecule has 2 amide bonds. The molecule has 2 atom stereocenters. The fraction of sp³-hybridized carbons (Fsp3) is 0.684. The minimum absolute atomic E-state index is 0.0426. The standard InChI is InChI=1S/C19H30N4O3/c1-14(2)5-9-22(19(25)17-11-20-7-8-21-17)10-6-18(24)23-12-15(3)26-16(4)13-23/h7-8,11,14-16H,5-6,9-10,12-13H2,1-4H3. The van der Waals surface area contributed by atoms with Crippen molar-refractivity contribution in [3.8, 4) is 0 Å². The number of carbonyl (C=O) groups excluding carboxylic acids is 2. The molecule has 7 nitrogen and oxygen atoms in total. The van der Waals surface area contributed by atoms with Gasteiger partial charge in [0.05, 0.1) is 18.4 Å². The van der Waals surface area contributed by atoms with Crippen LogP contribution in [-0.4, -0.2) is 70.0 Å². The molecule has 2 unspecified atom stereocenters. The summed E-state index contributed by atoms with van der Waals surface area (Å²) in [5, 5.41) is 0. The molecule has 1 aromatic heterocycles. The lowest BCUT2D eigenvalue weighted by atomic mass is 10.1. The second kappa shape index (κ2) is 9.62. The normalized spacial score (nSPS) is 20.3. The third kappa shape index (κ3) is 6.05. The van der Waals surface area contributed by atoms with Gasteiger partial charge in [0.25, 0.3) is 5.91 Å². The van der Waals surface area contributed by atoms with Crippen molar-refractivity contribution >= 4 is 11.8 Å². The van der Waals surface area contributed by atoms with E-state index in [2.05, 4.69) is 23.8 Å². The minimum atomic E-state index is -0.171. The number of hydrogen-bond donors (Lipinski definition) is 0. The SMILES string of the molecule is CC(C)CCN(CCC(=O)N1CC(C)OC(C)C1)C(=O)c1cnccn1. The fourth-order valence-corrected chi connectivity index (χ4v) is 3.07. The molecule has 144 valence electrons. The van der Waals surface area contributed by atoms with Crippen molar-refractivity contribution in [3.05, 3.63) is 24.3 Å². The zero-order chi connectivity index (χ0) is 19.1. The van der Waals surface area contributed by atoms with E-state index in [-0.39, 0.29) is 24.0 Å². The molecular weight excluding hydrogens is 332 g/mol. The van der Waals surface area contributed by atoms with Gasteiger partial charge in [0.1, 0.15) is 5.69 Å². The molecule has 2 rings (SSSR count). The molecule has 0 bridgehead atoms. The lowest BCUT2D eigenvalue weighted by Gasteiger charge is -2.35. The van der Waals surface area contributed by atoms with Crippen molar-refractivity contribution in [3.63, 3.8) is 0 Å². The Bertz CT molecular complexity index is 584. The van der Waals surface area contributed by atoms with Crippen LogP contribution in [0.3, 0.4) is 0 Å². The van der Waals surface area contributed by atoms with Crippen molar-refractivity contribution < 1.29 is 14.3 Å². The van der Waals surface area contributed by atoms with Crippen LogP contribution >= 0.6 is 0 Å². The van der Waals surface area contributed by atoms with Gasteiger partial charge in [-0.1, -0.05) is 13.8 Å². The molecule has 1 aliphatic heterocycles. The van der Waals surface area contributed by atoms with Gasteiger partial charge in [-0.25, -0.2) is 4.98 Å². The fourth-order valence-electron chi connectivity index (χ4n) is 3.07. The molecule has 0 saturated carbocycles. The summed E-state index contributed by atoms with van der Waals surface area (Å²) in [5.74, 6) is 0.368. The molecule has 1 aliphatic rings. The van der Waals surface area contributed by atoms with Crippen LogP contribution in [0.25, 0.3) is 0 Å². The molecule has 1 fully saturated rings. The second-order valence-electron chi connectivity index (χ2n) is 7.37. The van der Waals surface area contributed by atoms with Crippen molar-refractivity contribution in [2.75, 3.05) is 26.2 Å². The summed E-state index contributed by atoms with van der Waals surface area (Å²) in [7, 11) is 0. The van der Waals surface area contributed by atoms with Crippen molar-refractivity contribution in [1.29, 1.82) is 0 Å². The second-order valence-corrected chi connectivity index (χ2v) is 7.37. The van der Waals surface area contributed by atoms with E-state index in [9.17, 15) is 9.59 Å². The van der Waals surface area contributed by atoms with E-state index in [1.807, 2.05) is 18.7 Å². The van der Waals surface area contributed by atoms with Crippen molar-refractivity contribution in [1.82, 2.24) is 19.8 Å². The van der Waals surface area contributed by atoms with Crippen LogP contribution in [0.1, 0.15) is 51.0 Å². The molecular formula is C19H30N4O3. The lowest BCUT2D eigenvalue weighted by Crippen LogP contribution is -2.49. The highest BCUT2D eigenvalue weighted by Gasteiger charge is 2.26. The van der Waals surface area contributed by atoms with Crippen LogP contribution in [0.2, 0.25) is 0 Å². The quantitative estimate of drug-likeness (QED) is 0.741. The summed E-state index contributed by atoms with van der Waals surface area (Å²) in [6, 6.07) is 0. The number of aromatic nitrogens is 2. The molecule has 26 heavy (non-hydrogen) atoms. The van der Waals surface area contributed by atoms with Crippen LogP contribution in [0.5, 0.6) is 0 Å². The van der Waals surface area contributed by atoms with Gasteiger partial charge in [-0.2, -0.15) is 0 Å². The van der Waals surface area contributed by atoms with Crippen LogP contribution in [0.4, 0.5) is 0 Å². The average Bonchev–Trinajstić information content (AvgIpc) is 2.60. The van der Waals surface area contributed by atoms with E-state index in [0.29, 0.717) is 44.2 Å². The maximum atomic E-state index is 12.7.